The molecule has 0 aliphatic carbocycles. The molecule has 0 aliphatic rings. The van der Waals surface area contributed by atoms with E-state index in [0.717, 1.165) is 26.1 Å². The number of likely N-dealkylation sites (N-methyl/N-ethyl adjacent to an activating group) is 1. The first-order chi connectivity index (χ1) is 9.51. The third-order valence-corrected chi connectivity index (χ3v) is 4.93. The average Bonchev–Trinajstić information content (AvgIpc) is 2.43. The van der Waals surface area contributed by atoms with Gasteiger partial charge in [-0.1, -0.05) is 17.7 Å². The van der Waals surface area contributed by atoms with Gasteiger partial charge in [0.2, 0.25) is 0 Å². The van der Waals surface area contributed by atoms with E-state index in [-0.39, 0.29) is 11.9 Å². The van der Waals surface area contributed by atoms with Crippen LogP contribution in [0.2, 0.25) is 5.02 Å². The topological polar surface area (TPSA) is 12.0 Å². The first-order valence-corrected chi connectivity index (χ1v) is 8.32. The Kier molecular flexibility index (Phi) is 5.84. The Morgan fingerprint density at radius 2 is 2.05 bits per heavy atom. The van der Waals surface area contributed by atoms with Gasteiger partial charge in [-0.25, -0.2) is 4.39 Å². The lowest BCUT2D eigenvalue weighted by molar-refractivity contribution is 0.585. The zero-order chi connectivity index (χ0) is 14.7. The Bertz CT molecular complexity index is 621. The van der Waals surface area contributed by atoms with Gasteiger partial charge in [-0.2, -0.15) is 0 Å². The molecule has 0 spiro atoms. The van der Waals surface area contributed by atoms with Crippen molar-refractivity contribution >= 4 is 50.1 Å². The second-order valence-electron chi connectivity index (χ2n) is 4.46. The summed E-state index contributed by atoms with van der Waals surface area (Å²) in [6.07, 6.45) is 0.770. The van der Waals surface area contributed by atoms with Crippen molar-refractivity contribution in [1.29, 1.82) is 0 Å². The minimum atomic E-state index is -0.243. The van der Waals surface area contributed by atoms with Crippen LogP contribution >= 0.6 is 50.1 Å². The maximum absolute atomic E-state index is 13.3. The maximum atomic E-state index is 13.3. The molecule has 106 valence electrons. The molecule has 20 heavy (non-hydrogen) atoms. The molecule has 0 bridgehead atoms. The molecule has 0 radical (unpaired) electrons. The Morgan fingerprint density at radius 1 is 1.30 bits per heavy atom. The molecular weight excluding hydrogens is 455 g/mol. The van der Waals surface area contributed by atoms with Crippen LogP contribution in [0.1, 0.15) is 17.2 Å². The molecule has 2 aromatic carbocycles. The van der Waals surface area contributed by atoms with Gasteiger partial charge in [0, 0.05) is 14.6 Å². The van der Waals surface area contributed by atoms with E-state index in [4.69, 9.17) is 11.6 Å². The van der Waals surface area contributed by atoms with Crippen LogP contribution in [0.5, 0.6) is 0 Å². The molecule has 2 rings (SSSR count). The zero-order valence-electron chi connectivity index (χ0n) is 10.8. The summed E-state index contributed by atoms with van der Waals surface area (Å²) < 4.78 is 14.9. The highest BCUT2D eigenvalue weighted by molar-refractivity contribution is 14.1. The molecule has 1 N–H and O–H groups in total. The number of hydrogen-bond acceptors (Lipinski definition) is 1. The summed E-state index contributed by atoms with van der Waals surface area (Å²) in [6, 6.07) is 11.1. The number of nitrogens with one attached hydrogen (secondary N) is 1. The fraction of sp³-hybridized carbons (Fsp3) is 0.200. The fourth-order valence-corrected chi connectivity index (χ4v) is 3.37. The van der Waals surface area contributed by atoms with Crippen LogP contribution in [-0.2, 0) is 6.42 Å². The molecule has 0 saturated heterocycles. The van der Waals surface area contributed by atoms with Crippen LogP contribution in [0.3, 0.4) is 0 Å². The number of benzene rings is 2. The lowest BCUT2D eigenvalue weighted by Gasteiger charge is -2.19. The van der Waals surface area contributed by atoms with Gasteiger partial charge in [-0.05, 0) is 93.4 Å². The predicted molar refractivity (Wildman–Crippen MR) is 93.8 cm³/mol. The van der Waals surface area contributed by atoms with Gasteiger partial charge in [0.05, 0.1) is 4.47 Å². The van der Waals surface area contributed by atoms with Crippen molar-refractivity contribution in [3.8, 4) is 0 Å². The Morgan fingerprint density at radius 3 is 2.70 bits per heavy atom. The highest BCUT2D eigenvalue weighted by Gasteiger charge is 2.14. The van der Waals surface area contributed by atoms with Crippen molar-refractivity contribution in [2.75, 3.05) is 7.05 Å². The second-order valence-corrected chi connectivity index (χ2v) is 6.91. The first-order valence-electron chi connectivity index (χ1n) is 6.07. The minimum Gasteiger partial charge on any atom is -0.313 e. The lowest BCUT2D eigenvalue weighted by atomic mass is 9.99. The third-order valence-electron chi connectivity index (χ3n) is 3.11. The van der Waals surface area contributed by atoms with Gasteiger partial charge in [-0.15, -0.1) is 0 Å². The molecule has 0 amide bonds. The normalized spacial score (nSPS) is 12.4. The molecule has 1 atom stereocenters. The summed E-state index contributed by atoms with van der Waals surface area (Å²) in [6.45, 7) is 0. The molecule has 0 fully saturated rings. The lowest BCUT2D eigenvalue weighted by Crippen LogP contribution is -2.20. The predicted octanol–water partition coefficient (Wildman–Crippen LogP) is 5.35. The molecule has 1 unspecified atom stereocenters. The summed E-state index contributed by atoms with van der Waals surface area (Å²) in [5, 5.41) is 4.02. The summed E-state index contributed by atoms with van der Waals surface area (Å²) >= 11 is 11.6. The van der Waals surface area contributed by atoms with Crippen molar-refractivity contribution in [2.24, 2.45) is 0 Å². The molecule has 2 aromatic rings. The van der Waals surface area contributed by atoms with Gasteiger partial charge >= 0.3 is 0 Å². The van der Waals surface area contributed by atoms with E-state index in [0.29, 0.717) is 4.47 Å². The van der Waals surface area contributed by atoms with Crippen molar-refractivity contribution in [3.63, 3.8) is 0 Å². The van der Waals surface area contributed by atoms with Gasteiger partial charge in [0.1, 0.15) is 5.82 Å². The standard InChI is InChI=1S/C15H13BrClFIN/c1-20-15(11-8-10(17)3-5-14(11)19)7-9-2-4-13(18)12(16)6-9/h2-6,8,15,20H,7H2,1H3. The van der Waals surface area contributed by atoms with E-state index in [2.05, 4.69) is 43.8 Å². The number of hydrogen-bond donors (Lipinski definition) is 1. The summed E-state index contributed by atoms with van der Waals surface area (Å²) in [5.74, 6) is -0.243. The van der Waals surface area contributed by atoms with E-state index in [9.17, 15) is 4.39 Å². The molecule has 5 heteroatoms. The van der Waals surface area contributed by atoms with Gasteiger partial charge < -0.3 is 5.32 Å². The summed E-state index contributed by atoms with van der Waals surface area (Å²) in [7, 11) is 1.92. The van der Waals surface area contributed by atoms with Crippen molar-refractivity contribution in [2.45, 2.75) is 12.5 Å². The smallest absolute Gasteiger partial charge is 0.137 e. The number of rotatable bonds is 4. The van der Waals surface area contributed by atoms with Crippen LogP contribution in [-0.4, -0.2) is 7.05 Å². The molecular formula is C15H13BrClFIN. The first kappa shape index (κ1) is 16.2. The number of halogens is 4. The van der Waals surface area contributed by atoms with Crippen LogP contribution < -0.4 is 5.32 Å². The van der Waals surface area contributed by atoms with E-state index in [1.165, 1.54) is 6.07 Å². The Balaban J connectivity index is 2.28. The molecule has 0 aliphatic heterocycles. The van der Waals surface area contributed by atoms with Gasteiger partial charge in [0.15, 0.2) is 0 Å². The zero-order valence-corrected chi connectivity index (χ0v) is 15.3. The highest BCUT2D eigenvalue weighted by Crippen LogP contribution is 2.27. The maximum Gasteiger partial charge on any atom is 0.137 e. The monoisotopic (exact) mass is 467 g/mol. The van der Waals surface area contributed by atoms with Crippen molar-refractivity contribution in [3.05, 3.63) is 66.4 Å². The van der Waals surface area contributed by atoms with Crippen LogP contribution in [0.15, 0.2) is 40.9 Å². The Labute approximate surface area is 145 Å². The fourth-order valence-electron chi connectivity index (χ4n) is 2.05. The largest absolute Gasteiger partial charge is 0.313 e. The van der Waals surface area contributed by atoms with Crippen molar-refractivity contribution in [1.82, 2.24) is 5.32 Å². The van der Waals surface area contributed by atoms with Crippen LogP contribution in [0.4, 0.5) is 4.39 Å². The molecule has 0 saturated carbocycles. The van der Waals surface area contributed by atoms with Gasteiger partial charge in [0.25, 0.3) is 0 Å². The van der Waals surface area contributed by atoms with Gasteiger partial charge in [-0.3, -0.25) is 0 Å². The van der Waals surface area contributed by atoms with E-state index in [1.54, 1.807) is 0 Å². The molecule has 0 heterocycles. The minimum absolute atomic E-state index is 0.137. The summed E-state index contributed by atoms with van der Waals surface area (Å²) in [5.41, 5.74) is 2.22. The van der Waals surface area contributed by atoms with Crippen LogP contribution in [0.25, 0.3) is 0 Å². The SMILES string of the molecule is CNC(Cc1ccc(F)c(Br)c1)c1cc(Cl)ccc1I. The highest BCUT2D eigenvalue weighted by atomic mass is 127. The molecule has 0 aromatic heterocycles. The van der Waals surface area contributed by atoms with Crippen LogP contribution in [0, 0.1) is 9.39 Å². The third kappa shape index (κ3) is 3.93. The van der Waals surface area contributed by atoms with E-state index in [1.807, 2.05) is 37.4 Å². The summed E-state index contributed by atoms with van der Waals surface area (Å²) in [4.78, 5) is 0. The second kappa shape index (κ2) is 7.20. The Hall–Kier alpha value is -0.170. The average molecular weight is 469 g/mol. The van der Waals surface area contributed by atoms with Crippen molar-refractivity contribution < 1.29 is 4.39 Å². The molecule has 1 nitrogen and oxygen atoms in total. The van der Waals surface area contributed by atoms with E-state index < -0.39 is 0 Å². The quantitative estimate of drug-likeness (QED) is 0.597. The van der Waals surface area contributed by atoms with E-state index >= 15 is 0 Å².